The van der Waals surface area contributed by atoms with Crippen molar-refractivity contribution in [3.8, 4) is 11.1 Å². The second kappa shape index (κ2) is 19.7. The molecule has 0 saturated heterocycles. The maximum atomic E-state index is 13.4. The molecule has 3 aromatic rings. The van der Waals surface area contributed by atoms with E-state index in [1.54, 1.807) is 18.3 Å². The summed E-state index contributed by atoms with van der Waals surface area (Å²) in [5.74, 6) is 1.43. The Kier molecular flexibility index (Phi) is 16.4. The highest BCUT2D eigenvalue weighted by atomic mass is 35.5. The van der Waals surface area contributed by atoms with E-state index in [2.05, 4.69) is 44.9 Å². The predicted octanol–water partition coefficient (Wildman–Crippen LogP) is 10.9. The van der Waals surface area contributed by atoms with E-state index in [9.17, 15) is 19.6 Å². The number of hydrogen-bond acceptors (Lipinski definition) is 5. The minimum atomic E-state index is -0.673. The van der Waals surface area contributed by atoms with E-state index in [-0.39, 0.29) is 34.5 Å². The number of aromatic nitrogens is 2. The Morgan fingerprint density at radius 3 is 2.06 bits per heavy atom. The third-order valence-corrected chi connectivity index (χ3v) is 10.9. The highest BCUT2D eigenvalue weighted by Gasteiger charge is 2.41. The number of hydrogen-bond donors (Lipinski definition) is 3. The van der Waals surface area contributed by atoms with Crippen LogP contribution in [-0.2, 0) is 14.5 Å². The molecule has 272 valence electrons. The first-order valence-electron chi connectivity index (χ1n) is 18.2. The number of fused-ring (bicyclic) bond motifs is 1. The van der Waals surface area contributed by atoms with E-state index in [0.29, 0.717) is 39.8 Å². The van der Waals surface area contributed by atoms with Crippen LogP contribution in [-0.4, -0.2) is 25.8 Å². The summed E-state index contributed by atoms with van der Waals surface area (Å²) in [6.45, 7) is 14.9. The van der Waals surface area contributed by atoms with Gasteiger partial charge in [-0.15, -0.1) is 0 Å². The highest BCUT2D eigenvalue weighted by molar-refractivity contribution is 6.63. The summed E-state index contributed by atoms with van der Waals surface area (Å²) in [4.78, 5) is 45.7. The molecule has 4 rings (SSSR count). The first-order valence-corrected chi connectivity index (χ1v) is 19.0. The van der Waals surface area contributed by atoms with E-state index >= 15 is 0 Å². The Hall–Kier alpha value is -2.65. The van der Waals surface area contributed by atoms with Gasteiger partial charge in [-0.05, 0) is 91.5 Å². The first kappa shape index (κ1) is 40.8. The van der Waals surface area contributed by atoms with Gasteiger partial charge in [-0.3, -0.25) is 24.0 Å². The molecule has 1 amide bonds. The lowest BCUT2D eigenvalue weighted by molar-refractivity contribution is -0.302. The second-order valence-electron chi connectivity index (χ2n) is 14.1. The fourth-order valence-electron chi connectivity index (χ4n) is 7.68. The summed E-state index contributed by atoms with van der Waals surface area (Å²) in [6, 6.07) is 8.82. The SMILES string of the molecule is CCCCC(CC)C(=O)Cl.CCCCC(CC)C(=O)Nc1cc(=O)n2cc(-c3ccc(Cl)cc3)c(C(OO)C3C(C)CC(C)CC3C)c2[nH]1. The smallest absolute Gasteiger partial charge is 0.259 e. The lowest BCUT2D eigenvalue weighted by Gasteiger charge is -2.41. The quantitative estimate of drug-likeness (QED) is 0.0822. The van der Waals surface area contributed by atoms with Gasteiger partial charge in [0, 0.05) is 40.2 Å². The average Bonchev–Trinajstić information content (AvgIpc) is 3.43. The molecule has 2 aromatic heterocycles. The van der Waals surface area contributed by atoms with E-state index in [1.165, 1.54) is 10.5 Å². The van der Waals surface area contributed by atoms with Crippen molar-refractivity contribution in [2.24, 2.45) is 35.5 Å². The Morgan fingerprint density at radius 1 is 0.980 bits per heavy atom. The van der Waals surface area contributed by atoms with Gasteiger partial charge in [0.2, 0.25) is 11.1 Å². The molecule has 1 aromatic carbocycles. The number of carbonyl (C=O) groups excluding carboxylic acids is 2. The number of H-pyrrole nitrogens is 1. The summed E-state index contributed by atoms with van der Waals surface area (Å²) in [6.07, 6.45) is 10.8. The van der Waals surface area contributed by atoms with Crippen LogP contribution < -0.4 is 10.9 Å². The third kappa shape index (κ3) is 10.7. The molecule has 0 spiro atoms. The number of anilines is 1. The summed E-state index contributed by atoms with van der Waals surface area (Å²) >= 11 is 11.5. The molecular weight excluding hydrogens is 661 g/mol. The minimum absolute atomic E-state index is 0.0312. The van der Waals surface area contributed by atoms with Crippen molar-refractivity contribution in [1.29, 1.82) is 0 Å². The highest BCUT2D eigenvalue weighted by Crippen LogP contribution is 2.48. The topological polar surface area (TPSA) is 113 Å². The van der Waals surface area contributed by atoms with E-state index in [4.69, 9.17) is 28.1 Å². The summed E-state index contributed by atoms with van der Waals surface area (Å²) in [7, 11) is 0. The fourth-order valence-corrected chi connectivity index (χ4v) is 8.07. The third-order valence-electron chi connectivity index (χ3n) is 10.3. The standard InChI is InChI=1S/C31H42ClN3O4.C8H15ClO/c1-6-8-9-21(7-2)31(37)34-25-16-26(36)35-17-24(22-10-12-23(32)13-11-22)28(30(35)33-25)29(39-38)27-19(4)14-18(3)15-20(27)5;1-3-5-6-7(4-2)8(9)10/h10-13,16-21,27,29,33,38H,6-9,14-15H2,1-5H3,(H,34,37);7H,3-6H2,1-2H3. The van der Waals surface area contributed by atoms with Gasteiger partial charge in [-0.2, -0.15) is 0 Å². The zero-order valence-electron chi connectivity index (χ0n) is 30.4. The number of aromatic amines is 1. The van der Waals surface area contributed by atoms with Crippen molar-refractivity contribution in [1.82, 2.24) is 9.38 Å². The molecule has 0 bridgehead atoms. The van der Waals surface area contributed by atoms with Gasteiger partial charge < -0.3 is 10.3 Å². The zero-order chi connectivity index (χ0) is 36.2. The van der Waals surface area contributed by atoms with Gasteiger partial charge >= 0.3 is 0 Å². The van der Waals surface area contributed by atoms with Crippen LogP contribution in [0.4, 0.5) is 5.82 Å². The summed E-state index contributed by atoms with van der Waals surface area (Å²) < 4.78 is 1.54. The number of amides is 1. The number of unbranched alkanes of at least 4 members (excludes halogenated alkanes) is 2. The first-order chi connectivity index (χ1) is 23.4. The fraction of sp³-hybridized carbons (Fsp3) is 0.615. The van der Waals surface area contributed by atoms with Crippen LogP contribution in [0.15, 0.2) is 41.3 Å². The van der Waals surface area contributed by atoms with Crippen LogP contribution in [0.25, 0.3) is 16.8 Å². The Bertz CT molecular complexity index is 1540. The number of rotatable bonds is 15. The molecular formula is C39H57Cl2N3O5. The van der Waals surface area contributed by atoms with Gasteiger partial charge in [0.05, 0.1) is 0 Å². The van der Waals surface area contributed by atoms with E-state index in [1.807, 2.05) is 26.0 Å². The van der Waals surface area contributed by atoms with E-state index < -0.39 is 6.10 Å². The van der Waals surface area contributed by atoms with Crippen LogP contribution >= 0.6 is 23.2 Å². The molecule has 1 saturated carbocycles. The molecule has 49 heavy (non-hydrogen) atoms. The van der Waals surface area contributed by atoms with E-state index in [0.717, 1.165) is 75.3 Å². The molecule has 10 heteroatoms. The monoisotopic (exact) mass is 717 g/mol. The van der Waals surface area contributed by atoms with Crippen LogP contribution in [0.3, 0.4) is 0 Å². The Morgan fingerprint density at radius 2 is 1.55 bits per heavy atom. The van der Waals surface area contributed by atoms with Gasteiger partial charge in [-0.25, -0.2) is 4.89 Å². The molecule has 1 fully saturated rings. The molecule has 3 N–H and O–H groups in total. The lowest BCUT2D eigenvalue weighted by Crippen LogP contribution is -2.34. The van der Waals surface area contributed by atoms with Crippen LogP contribution in [0, 0.1) is 35.5 Å². The summed E-state index contributed by atoms with van der Waals surface area (Å²) in [5, 5.41) is 13.8. The number of benzene rings is 1. The molecule has 2 heterocycles. The van der Waals surface area contributed by atoms with Crippen molar-refractivity contribution in [2.75, 3.05) is 5.32 Å². The van der Waals surface area contributed by atoms with Crippen LogP contribution in [0.2, 0.25) is 5.02 Å². The minimum Gasteiger partial charge on any atom is -0.327 e. The molecule has 0 radical (unpaired) electrons. The number of carbonyl (C=O) groups is 2. The lowest BCUT2D eigenvalue weighted by atomic mass is 9.66. The summed E-state index contributed by atoms with van der Waals surface area (Å²) in [5.41, 5.74) is 2.55. The molecule has 1 aliphatic carbocycles. The number of nitrogens with one attached hydrogen (secondary N) is 2. The molecule has 0 aliphatic heterocycles. The Labute approximate surface area is 302 Å². The maximum absolute atomic E-state index is 13.4. The van der Waals surface area contributed by atoms with Gasteiger partial charge in [0.15, 0.2) is 0 Å². The van der Waals surface area contributed by atoms with Crippen molar-refractivity contribution >= 4 is 45.8 Å². The molecule has 8 nitrogen and oxygen atoms in total. The largest absolute Gasteiger partial charge is 0.327 e. The predicted molar refractivity (Wildman–Crippen MR) is 201 cm³/mol. The van der Waals surface area contributed by atoms with Crippen LogP contribution in [0.5, 0.6) is 0 Å². The second-order valence-corrected chi connectivity index (χ2v) is 14.9. The van der Waals surface area contributed by atoms with Crippen molar-refractivity contribution < 1.29 is 19.7 Å². The van der Waals surface area contributed by atoms with Crippen LogP contribution in [0.1, 0.15) is 124 Å². The number of nitrogens with zero attached hydrogens (tertiary/aromatic N) is 1. The Balaban J connectivity index is 0.000000565. The average molecular weight is 719 g/mol. The van der Waals surface area contributed by atoms with Gasteiger partial charge in [0.25, 0.3) is 5.56 Å². The van der Waals surface area contributed by atoms with Gasteiger partial charge in [0.1, 0.15) is 17.6 Å². The van der Waals surface area contributed by atoms with Crippen molar-refractivity contribution in [3.05, 3.63) is 57.5 Å². The van der Waals surface area contributed by atoms with Crippen molar-refractivity contribution in [2.45, 2.75) is 119 Å². The molecule has 5 unspecified atom stereocenters. The molecule has 1 aliphatic rings. The van der Waals surface area contributed by atoms with Crippen molar-refractivity contribution in [3.63, 3.8) is 0 Å². The number of halogens is 2. The zero-order valence-corrected chi connectivity index (χ0v) is 31.9. The normalized spacial score (nSPS) is 21.0. The van der Waals surface area contributed by atoms with Gasteiger partial charge in [-0.1, -0.05) is 97.9 Å². The molecule has 5 atom stereocenters. The maximum Gasteiger partial charge on any atom is 0.259 e.